The number of hydrogen-bond acceptors (Lipinski definition) is 13. The number of anilines is 4. The minimum Gasteiger partial charge on any atom is -0.495 e. The standard InChI is InChI=1S/C48H52F2N10O7S/c1-67-39-24-38(34(50)23-36(39)53-35-8-9-40(61)54-44(35)63)57-14-10-48(66,11-15-57)25-41(62)58-18-16-56(17-19-58)30-6-4-28(5-7-30)29-21-31-32(33(49)22-29)26-60(46(31)65)43(45(64)55-47-51-12-20-68-47)42-37-3-2-13-59(37)27-52-42/h4-7,12,20-24,27,35,43-44,53,63,66H,2-3,8-11,13-19,25-26H2,1H3,(H,54,61)(H,51,55,64). The molecular weight excluding hydrogens is 899 g/mol. The van der Waals surface area contributed by atoms with E-state index in [1.54, 1.807) is 34.9 Å². The number of nitrogens with one attached hydrogen (secondary N) is 3. The topological polar surface area (TPSA) is 198 Å². The van der Waals surface area contributed by atoms with Gasteiger partial charge in [0.25, 0.3) is 11.8 Å². The fourth-order valence-electron chi connectivity index (χ4n) is 10.2. The van der Waals surface area contributed by atoms with Gasteiger partial charge in [-0.15, -0.1) is 11.3 Å². The summed E-state index contributed by atoms with van der Waals surface area (Å²) in [6.45, 7) is 3.37. The number of carbonyl (C=O) groups is 4. The fourth-order valence-corrected chi connectivity index (χ4v) is 10.7. The second-order valence-corrected chi connectivity index (χ2v) is 19.0. The van der Waals surface area contributed by atoms with Crippen LogP contribution in [0.5, 0.6) is 5.75 Å². The summed E-state index contributed by atoms with van der Waals surface area (Å²) in [6, 6.07) is 12.0. The highest BCUT2D eigenvalue weighted by Crippen LogP contribution is 2.40. The van der Waals surface area contributed by atoms with Crippen molar-refractivity contribution in [2.24, 2.45) is 0 Å². The lowest BCUT2D eigenvalue weighted by atomic mass is 9.87. The lowest BCUT2D eigenvalue weighted by molar-refractivity contribution is -0.137. The molecule has 4 amide bonds. The Labute approximate surface area is 394 Å². The van der Waals surface area contributed by atoms with E-state index in [0.29, 0.717) is 84.8 Å². The normalized spacial score (nSPS) is 20.5. The molecule has 3 unspecified atom stereocenters. The van der Waals surface area contributed by atoms with Crippen LogP contribution in [-0.4, -0.2) is 122 Å². The van der Waals surface area contributed by atoms with Crippen molar-refractivity contribution in [3.8, 4) is 16.9 Å². The molecule has 3 saturated heterocycles. The number of carbonyl (C=O) groups excluding carboxylic acids is 4. The number of aliphatic hydroxyl groups excluding tert-OH is 1. The van der Waals surface area contributed by atoms with Crippen LogP contribution < -0.4 is 30.5 Å². The summed E-state index contributed by atoms with van der Waals surface area (Å²) >= 11 is 1.26. The van der Waals surface area contributed by atoms with Gasteiger partial charge >= 0.3 is 0 Å². The van der Waals surface area contributed by atoms with Gasteiger partial charge < -0.3 is 49.8 Å². The summed E-state index contributed by atoms with van der Waals surface area (Å²) in [5, 5.41) is 32.4. The highest BCUT2D eigenvalue weighted by molar-refractivity contribution is 7.13. The highest BCUT2D eigenvalue weighted by Gasteiger charge is 2.43. The SMILES string of the molecule is COc1cc(N2CCC(O)(CC(=O)N3CCN(c4ccc(-c5cc(F)c6c(c5)C(=O)N(C(C(=O)Nc5nccs5)c5ncn7c5CCC7)C6)cc4)CC3)CC2)c(F)cc1NC1CCC(=O)NC1O. The molecule has 0 aliphatic carbocycles. The van der Waals surface area contributed by atoms with E-state index < -0.39 is 47.4 Å². The Morgan fingerprint density at radius 3 is 2.46 bits per heavy atom. The van der Waals surface area contributed by atoms with Crippen molar-refractivity contribution in [3.63, 3.8) is 0 Å². The molecule has 17 nitrogen and oxygen atoms in total. The van der Waals surface area contributed by atoms with Gasteiger partial charge in [0.2, 0.25) is 11.8 Å². The Balaban J connectivity index is 0.740. The summed E-state index contributed by atoms with van der Waals surface area (Å²) < 4.78 is 39.1. The van der Waals surface area contributed by atoms with E-state index in [9.17, 15) is 29.4 Å². The predicted octanol–water partition coefficient (Wildman–Crippen LogP) is 4.65. The second kappa shape index (κ2) is 18.5. The third-order valence-electron chi connectivity index (χ3n) is 14.0. The third kappa shape index (κ3) is 8.82. The molecule has 0 radical (unpaired) electrons. The van der Waals surface area contributed by atoms with Crippen LogP contribution in [0.4, 0.5) is 31.0 Å². The number of hydrogen-bond donors (Lipinski definition) is 5. The number of rotatable bonds is 12. The van der Waals surface area contributed by atoms with Crippen molar-refractivity contribution in [1.82, 2.24) is 29.7 Å². The first-order chi connectivity index (χ1) is 32.8. The zero-order chi connectivity index (χ0) is 47.3. The van der Waals surface area contributed by atoms with Gasteiger partial charge in [0.05, 0.1) is 55.1 Å². The van der Waals surface area contributed by atoms with Gasteiger partial charge in [-0.3, -0.25) is 24.5 Å². The number of methoxy groups -OCH3 is 1. The molecule has 0 bridgehead atoms. The molecule has 5 aliphatic rings. The molecule has 3 atom stereocenters. The van der Waals surface area contributed by atoms with Gasteiger partial charge in [0.1, 0.15) is 23.6 Å². The molecule has 68 heavy (non-hydrogen) atoms. The minimum absolute atomic E-state index is 0.0476. The summed E-state index contributed by atoms with van der Waals surface area (Å²) in [5.74, 6) is -1.99. The van der Waals surface area contributed by atoms with E-state index in [2.05, 4.69) is 30.8 Å². The van der Waals surface area contributed by atoms with Crippen LogP contribution in [0.1, 0.15) is 71.9 Å². The molecule has 20 heteroatoms. The number of imidazole rings is 1. The molecule has 3 fully saturated rings. The first-order valence-electron chi connectivity index (χ1n) is 22.9. The van der Waals surface area contributed by atoms with Crippen molar-refractivity contribution in [3.05, 3.63) is 101 Å². The van der Waals surface area contributed by atoms with E-state index in [4.69, 9.17) is 4.74 Å². The number of fused-ring (bicyclic) bond motifs is 2. The molecule has 356 valence electrons. The number of piperidine rings is 2. The molecule has 2 aromatic heterocycles. The number of thiazole rings is 1. The largest absolute Gasteiger partial charge is 0.495 e. The van der Waals surface area contributed by atoms with E-state index in [-0.39, 0.29) is 55.2 Å². The average Bonchev–Trinajstić information content (AvgIpc) is 4.16. The number of ether oxygens (including phenoxy) is 1. The van der Waals surface area contributed by atoms with Crippen LogP contribution in [-0.2, 0) is 33.9 Å². The Hall–Kier alpha value is -6.64. The van der Waals surface area contributed by atoms with Gasteiger partial charge in [-0.05, 0) is 67.5 Å². The van der Waals surface area contributed by atoms with Crippen LogP contribution in [0, 0.1) is 11.6 Å². The van der Waals surface area contributed by atoms with Crippen molar-refractivity contribution >= 4 is 57.2 Å². The Morgan fingerprint density at radius 2 is 1.74 bits per heavy atom. The van der Waals surface area contributed by atoms with Crippen LogP contribution >= 0.6 is 11.3 Å². The maximum Gasteiger partial charge on any atom is 0.255 e. The third-order valence-corrected chi connectivity index (χ3v) is 14.7. The number of halogens is 2. The molecular formula is C48H52F2N10O7S. The zero-order valence-electron chi connectivity index (χ0n) is 37.4. The van der Waals surface area contributed by atoms with E-state index in [1.807, 2.05) is 33.7 Å². The quantitative estimate of drug-likeness (QED) is 0.116. The van der Waals surface area contributed by atoms with Crippen LogP contribution in [0.2, 0.25) is 0 Å². The highest BCUT2D eigenvalue weighted by atomic mass is 32.1. The average molecular weight is 951 g/mol. The Kier molecular flexibility index (Phi) is 12.3. The molecule has 0 spiro atoms. The van der Waals surface area contributed by atoms with Gasteiger partial charge in [0, 0.05) is 98.5 Å². The lowest BCUT2D eigenvalue weighted by Gasteiger charge is -2.41. The van der Waals surface area contributed by atoms with Crippen LogP contribution in [0.3, 0.4) is 0 Å². The molecule has 3 aromatic carbocycles. The Morgan fingerprint density at radius 1 is 0.956 bits per heavy atom. The summed E-state index contributed by atoms with van der Waals surface area (Å²) in [7, 11) is 1.47. The number of aryl methyl sites for hydroxylation is 1. The van der Waals surface area contributed by atoms with E-state index in [0.717, 1.165) is 30.8 Å². The predicted molar refractivity (Wildman–Crippen MR) is 249 cm³/mol. The number of piperazine rings is 1. The number of aliphatic hydroxyl groups is 2. The van der Waals surface area contributed by atoms with Gasteiger partial charge in [-0.25, -0.2) is 18.7 Å². The zero-order valence-corrected chi connectivity index (χ0v) is 38.2. The van der Waals surface area contributed by atoms with E-state index in [1.165, 1.54) is 35.5 Å². The second-order valence-electron chi connectivity index (χ2n) is 18.1. The smallest absolute Gasteiger partial charge is 0.255 e. The molecule has 10 rings (SSSR count). The van der Waals surface area contributed by atoms with Gasteiger partial charge in [-0.1, -0.05) is 12.1 Å². The molecule has 7 heterocycles. The lowest BCUT2D eigenvalue weighted by Crippen LogP contribution is -2.52. The Bertz CT molecular complexity index is 2740. The van der Waals surface area contributed by atoms with Crippen molar-refractivity contribution < 1.29 is 42.9 Å². The number of aromatic nitrogens is 3. The summed E-state index contributed by atoms with van der Waals surface area (Å²) in [4.78, 5) is 69.1. The van der Waals surface area contributed by atoms with Gasteiger partial charge in [-0.2, -0.15) is 0 Å². The van der Waals surface area contributed by atoms with Crippen molar-refractivity contribution in [1.29, 1.82) is 0 Å². The monoisotopic (exact) mass is 950 g/mol. The summed E-state index contributed by atoms with van der Waals surface area (Å²) in [6.07, 6.45) is 4.86. The molecule has 0 saturated carbocycles. The molecule has 5 N–H and O–H groups in total. The van der Waals surface area contributed by atoms with E-state index >= 15 is 8.78 Å². The van der Waals surface area contributed by atoms with Crippen LogP contribution in [0.25, 0.3) is 11.1 Å². The van der Waals surface area contributed by atoms with Gasteiger partial charge in [0.15, 0.2) is 11.2 Å². The number of benzene rings is 3. The van der Waals surface area contributed by atoms with Crippen molar-refractivity contribution in [2.75, 3.05) is 66.8 Å². The number of amides is 4. The first-order valence-corrected chi connectivity index (χ1v) is 23.8. The molecule has 5 aromatic rings. The maximum absolute atomic E-state index is 16.0. The summed E-state index contributed by atoms with van der Waals surface area (Å²) in [5.41, 5.74) is 3.37. The molecule has 5 aliphatic heterocycles. The first kappa shape index (κ1) is 45.2. The number of nitrogens with zero attached hydrogens (tertiary/aromatic N) is 7. The van der Waals surface area contributed by atoms with Crippen molar-refractivity contribution in [2.45, 2.75) is 81.9 Å². The maximum atomic E-state index is 16.0. The minimum atomic E-state index is -1.25. The van der Waals surface area contributed by atoms with Crippen LogP contribution in [0.15, 0.2) is 66.4 Å². The fraction of sp³-hybridized carbons (Fsp3) is 0.417.